The van der Waals surface area contributed by atoms with Crippen molar-refractivity contribution in [2.24, 2.45) is 23.9 Å². The Morgan fingerprint density at radius 1 is 1.26 bits per heavy atom. The fraction of sp³-hybridized carbons (Fsp3) is 0.556. The number of likely N-dealkylation sites (tertiary alicyclic amines) is 1. The molecule has 0 spiro atoms. The highest BCUT2D eigenvalue weighted by Gasteiger charge is 2.24. The van der Waals surface area contributed by atoms with Crippen LogP contribution < -0.4 is 5.32 Å². The molecular weight excluding hydrogens is 286 g/mol. The van der Waals surface area contributed by atoms with E-state index in [4.69, 9.17) is 4.98 Å². The second-order valence-electron chi connectivity index (χ2n) is 6.83. The summed E-state index contributed by atoms with van der Waals surface area (Å²) in [5, 5.41) is 3.49. The van der Waals surface area contributed by atoms with Gasteiger partial charge in [-0.1, -0.05) is 26.0 Å². The Hall–Kier alpha value is -2.04. The summed E-state index contributed by atoms with van der Waals surface area (Å²) in [6, 6.07) is 8.24. The van der Waals surface area contributed by atoms with Gasteiger partial charge in [0.2, 0.25) is 0 Å². The number of aromatic nitrogens is 2. The number of rotatable bonds is 2. The SMILES string of the molecule is CN=C(NCc1nc2ccccc2n1C)N1CC(C)CC(C)C1. The molecule has 1 fully saturated rings. The largest absolute Gasteiger partial charge is 0.349 e. The molecule has 1 saturated heterocycles. The lowest BCUT2D eigenvalue weighted by Gasteiger charge is -2.37. The first-order valence-corrected chi connectivity index (χ1v) is 8.44. The normalized spacial score (nSPS) is 22.6. The van der Waals surface area contributed by atoms with Gasteiger partial charge in [0, 0.05) is 27.2 Å². The third-order valence-corrected chi connectivity index (χ3v) is 4.66. The molecule has 0 bridgehead atoms. The highest BCUT2D eigenvalue weighted by molar-refractivity contribution is 5.80. The average molecular weight is 313 g/mol. The third kappa shape index (κ3) is 3.33. The molecule has 124 valence electrons. The van der Waals surface area contributed by atoms with Gasteiger partial charge < -0.3 is 14.8 Å². The van der Waals surface area contributed by atoms with Gasteiger partial charge >= 0.3 is 0 Å². The first kappa shape index (κ1) is 15.8. The fourth-order valence-corrected chi connectivity index (χ4v) is 3.68. The third-order valence-electron chi connectivity index (χ3n) is 4.66. The summed E-state index contributed by atoms with van der Waals surface area (Å²) in [6.07, 6.45) is 1.30. The van der Waals surface area contributed by atoms with Crippen molar-refractivity contribution in [3.63, 3.8) is 0 Å². The van der Waals surface area contributed by atoms with Crippen LogP contribution in [0.25, 0.3) is 11.0 Å². The van der Waals surface area contributed by atoms with Gasteiger partial charge in [-0.2, -0.15) is 0 Å². The summed E-state index contributed by atoms with van der Waals surface area (Å²) >= 11 is 0. The van der Waals surface area contributed by atoms with Crippen LogP contribution >= 0.6 is 0 Å². The van der Waals surface area contributed by atoms with Gasteiger partial charge in [-0.05, 0) is 30.4 Å². The van der Waals surface area contributed by atoms with Crippen molar-refractivity contribution in [2.75, 3.05) is 20.1 Å². The van der Waals surface area contributed by atoms with E-state index in [1.54, 1.807) is 0 Å². The van der Waals surface area contributed by atoms with E-state index in [1.807, 2.05) is 13.1 Å². The first-order chi connectivity index (χ1) is 11.1. The van der Waals surface area contributed by atoms with Gasteiger partial charge in [0.25, 0.3) is 0 Å². The molecule has 0 radical (unpaired) electrons. The first-order valence-electron chi connectivity index (χ1n) is 8.44. The molecule has 1 aliphatic heterocycles. The monoisotopic (exact) mass is 313 g/mol. The second-order valence-corrected chi connectivity index (χ2v) is 6.83. The zero-order chi connectivity index (χ0) is 16.4. The van der Waals surface area contributed by atoms with E-state index in [0.717, 1.165) is 30.4 Å². The van der Waals surface area contributed by atoms with Crippen molar-refractivity contribution in [3.8, 4) is 0 Å². The maximum Gasteiger partial charge on any atom is 0.194 e. The molecule has 1 aliphatic rings. The number of para-hydroxylation sites is 2. The average Bonchev–Trinajstić information content (AvgIpc) is 2.84. The Morgan fingerprint density at radius 3 is 2.61 bits per heavy atom. The van der Waals surface area contributed by atoms with E-state index in [9.17, 15) is 0 Å². The summed E-state index contributed by atoms with van der Waals surface area (Å²) in [5.41, 5.74) is 2.21. The lowest BCUT2D eigenvalue weighted by Crippen LogP contribution is -2.48. The van der Waals surface area contributed by atoms with Crippen molar-refractivity contribution in [1.29, 1.82) is 0 Å². The maximum atomic E-state index is 4.72. The Kier molecular flexibility index (Phi) is 4.55. The van der Waals surface area contributed by atoms with Crippen molar-refractivity contribution in [1.82, 2.24) is 19.8 Å². The molecule has 3 rings (SSSR count). The quantitative estimate of drug-likeness (QED) is 0.685. The van der Waals surface area contributed by atoms with E-state index in [1.165, 1.54) is 11.9 Å². The number of benzene rings is 1. The fourth-order valence-electron chi connectivity index (χ4n) is 3.68. The van der Waals surface area contributed by atoms with Crippen LogP contribution in [-0.4, -0.2) is 40.5 Å². The van der Waals surface area contributed by atoms with Crippen molar-refractivity contribution >= 4 is 17.0 Å². The number of aryl methyl sites for hydroxylation is 1. The van der Waals surface area contributed by atoms with Crippen LogP contribution in [0.2, 0.25) is 0 Å². The molecule has 0 amide bonds. The zero-order valence-corrected chi connectivity index (χ0v) is 14.6. The second kappa shape index (κ2) is 6.60. The van der Waals surface area contributed by atoms with Crippen LogP contribution in [0.5, 0.6) is 0 Å². The molecule has 1 aromatic heterocycles. The standard InChI is InChI=1S/C18H27N5/c1-13-9-14(2)12-23(11-13)18(19-3)20-10-17-21-15-7-5-6-8-16(15)22(17)4/h5-8,13-14H,9-12H2,1-4H3,(H,19,20). The van der Waals surface area contributed by atoms with E-state index in [0.29, 0.717) is 18.4 Å². The number of hydrogen-bond donors (Lipinski definition) is 1. The molecule has 0 saturated carbocycles. The molecule has 5 heteroatoms. The minimum absolute atomic E-state index is 0.692. The summed E-state index contributed by atoms with van der Waals surface area (Å²) in [6.45, 7) is 7.49. The van der Waals surface area contributed by atoms with Crippen LogP contribution in [0.4, 0.5) is 0 Å². The minimum Gasteiger partial charge on any atom is -0.349 e. The highest BCUT2D eigenvalue weighted by Crippen LogP contribution is 2.21. The van der Waals surface area contributed by atoms with Gasteiger partial charge in [-0.15, -0.1) is 0 Å². The Morgan fingerprint density at radius 2 is 1.96 bits per heavy atom. The Balaban J connectivity index is 1.71. The van der Waals surface area contributed by atoms with Crippen molar-refractivity contribution in [3.05, 3.63) is 30.1 Å². The van der Waals surface area contributed by atoms with E-state index >= 15 is 0 Å². The number of piperidine rings is 1. The molecule has 0 aliphatic carbocycles. The lowest BCUT2D eigenvalue weighted by molar-refractivity contribution is 0.208. The summed E-state index contributed by atoms with van der Waals surface area (Å²) < 4.78 is 2.15. The van der Waals surface area contributed by atoms with E-state index in [-0.39, 0.29) is 0 Å². The van der Waals surface area contributed by atoms with Crippen LogP contribution in [0.3, 0.4) is 0 Å². The molecule has 2 aromatic rings. The van der Waals surface area contributed by atoms with Gasteiger partial charge in [-0.3, -0.25) is 4.99 Å². The van der Waals surface area contributed by atoms with Gasteiger partial charge in [-0.25, -0.2) is 4.98 Å². The summed E-state index contributed by atoms with van der Waals surface area (Å²) in [5.74, 6) is 3.45. The summed E-state index contributed by atoms with van der Waals surface area (Å²) in [7, 11) is 3.93. The molecule has 23 heavy (non-hydrogen) atoms. The number of fused-ring (bicyclic) bond motifs is 1. The minimum atomic E-state index is 0.692. The number of guanidine groups is 1. The predicted molar refractivity (Wildman–Crippen MR) is 95.4 cm³/mol. The number of aliphatic imine (C=N–C) groups is 1. The highest BCUT2D eigenvalue weighted by atomic mass is 15.3. The topological polar surface area (TPSA) is 45.5 Å². The molecule has 1 aromatic carbocycles. The summed E-state index contributed by atoms with van der Waals surface area (Å²) in [4.78, 5) is 11.6. The molecular formula is C18H27N5. The van der Waals surface area contributed by atoms with E-state index < -0.39 is 0 Å². The molecule has 1 N–H and O–H groups in total. The van der Waals surface area contributed by atoms with Gasteiger partial charge in [0.1, 0.15) is 5.82 Å². The molecule has 2 unspecified atom stereocenters. The zero-order valence-electron chi connectivity index (χ0n) is 14.6. The number of imidazole rings is 1. The number of hydrogen-bond acceptors (Lipinski definition) is 2. The Bertz CT molecular complexity index is 692. The van der Waals surface area contributed by atoms with Gasteiger partial charge in [0.15, 0.2) is 5.96 Å². The predicted octanol–water partition coefficient (Wildman–Crippen LogP) is 2.63. The number of nitrogens with one attached hydrogen (secondary N) is 1. The van der Waals surface area contributed by atoms with Crippen LogP contribution in [-0.2, 0) is 13.6 Å². The van der Waals surface area contributed by atoms with Crippen molar-refractivity contribution in [2.45, 2.75) is 26.8 Å². The van der Waals surface area contributed by atoms with Crippen LogP contribution in [0.1, 0.15) is 26.1 Å². The maximum absolute atomic E-state index is 4.72. The molecule has 5 nitrogen and oxygen atoms in total. The van der Waals surface area contributed by atoms with Crippen LogP contribution in [0.15, 0.2) is 29.3 Å². The molecule has 2 atom stereocenters. The van der Waals surface area contributed by atoms with Gasteiger partial charge in [0.05, 0.1) is 17.6 Å². The van der Waals surface area contributed by atoms with E-state index in [2.05, 4.69) is 58.9 Å². The molecule has 2 heterocycles. The van der Waals surface area contributed by atoms with Crippen molar-refractivity contribution < 1.29 is 0 Å². The number of nitrogens with zero attached hydrogens (tertiary/aromatic N) is 4. The smallest absolute Gasteiger partial charge is 0.194 e. The lowest BCUT2D eigenvalue weighted by atomic mass is 9.92. The Labute approximate surface area is 138 Å². The van der Waals surface area contributed by atoms with Crippen LogP contribution in [0, 0.1) is 11.8 Å².